The van der Waals surface area contributed by atoms with E-state index in [0.29, 0.717) is 0 Å². The molecule has 1 aliphatic carbocycles. The zero-order valence-electron chi connectivity index (χ0n) is 10.7. The lowest BCUT2D eigenvalue weighted by Crippen LogP contribution is -2.30. The Morgan fingerprint density at radius 2 is 2.06 bits per heavy atom. The van der Waals surface area contributed by atoms with Crippen molar-refractivity contribution in [2.45, 2.75) is 46.6 Å². The number of aliphatic hydroxyl groups excluding tert-OH is 1. The number of allylic oxidation sites excluding steroid dienone is 1. The third kappa shape index (κ3) is 2.76. The van der Waals surface area contributed by atoms with Gasteiger partial charge in [-0.1, -0.05) is 33.8 Å². The summed E-state index contributed by atoms with van der Waals surface area (Å²) in [5.74, 6) is 0. The summed E-state index contributed by atoms with van der Waals surface area (Å²) < 4.78 is 5.03. The van der Waals surface area contributed by atoms with E-state index in [1.807, 2.05) is 26.0 Å². The highest BCUT2D eigenvalue weighted by Gasteiger charge is 2.30. The van der Waals surface area contributed by atoms with Gasteiger partial charge in [0, 0.05) is 5.56 Å². The minimum absolute atomic E-state index is 0.00718. The van der Waals surface area contributed by atoms with Crippen LogP contribution in [-0.2, 0) is 0 Å². The molecule has 1 unspecified atom stereocenters. The van der Waals surface area contributed by atoms with Crippen molar-refractivity contribution in [1.29, 1.82) is 0 Å². The molecule has 1 N–H and O–H groups in total. The van der Waals surface area contributed by atoms with E-state index >= 15 is 0 Å². The quantitative estimate of drug-likeness (QED) is 0.782. The van der Waals surface area contributed by atoms with Crippen LogP contribution in [0.15, 0.2) is 29.1 Å². The number of aliphatic hydroxyl groups is 1. The second kappa shape index (κ2) is 5.35. The highest BCUT2D eigenvalue weighted by molar-refractivity contribution is 5.66. The zero-order chi connectivity index (χ0) is 12.2. The summed E-state index contributed by atoms with van der Waals surface area (Å²) in [6, 6.07) is 1.94. The predicted molar refractivity (Wildman–Crippen MR) is 67.1 cm³/mol. The molecule has 2 nitrogen and oxygen atoms in total. The van der Waals surface area contributed by atoms with Crippen molar-refractivity contribution in [3.63, 3.8) is 0 Å². The summed E-state index contributed by atoms with van der Waals surface area (Å²) in [4.78, 5) is 0. The van der Waals surface area contributed by atoms with E-state index in [-0.39, 0.29) is 11.5 Å². The van der Waals surface area contributed by atoms with Crippen molar-refractivity contribution in [1.82, 2.24) is 0 Å². The molecule has 0 spiro atoms. The predicted octanol–water partition coefficient (Wildman–Crippen LogP) is 3.87. The summed E-state index contributed by atoms with van der Waals surface area (Å²) in [5.41, 5.74) is 2.30. The lowest BCUT2D eigenvalue weighted by atomic mass is 9.75. The van der Waals surface area contributed by atoms with Gasteiger partial charge in [-0.05, 0) is 29.9 Å². The van der Waals surface area contributed by atoms with E-state index in [4.69, 9.17) is 4.42 Å². The second-order valence-electron chi connectivity index (χ2n) is 4.64. The van der Waals surface area contributed by atoms with Crippen LogP contribution in [0.4, 0.5) is 0 Å². The molecule has 1 aromatic rings. The molecular weight excluding hydrogens is 200 g/mol. The molecule has 1 atom stereocenters. The first kappa shape index (κ1) is 13.0. The van der Waals surface area contributed by atoms with Crippen LogP contribution in [0.2, 0.25) is 0 Å². The summed E-state index contributed by atoms with van der Waals surface area (Å²) >= 11 is 0. The van der Waals surface area contributed by atoms with Crippen molar-refractivity contribution in [3.05, 3.63) is 30.2 Å². The minimum atomic E-state index is -0.346. The van der Waals surface area contributed by atoms with Crippen LogP contribution in [-0.4, -0.2) is 11.2 Å². The van der Waals surface area contributed by atoms with Gasteiger partial charge in [0.2, 0.25) is 0 Å². The van der Waals surface area contributed by atoms with Crippen LogP contribution in [0.5, 0.6) is 0 Å². The Bertz CT molecular complexity index is 334. The highest BCUT2D eigenvalue weighted by Crippen LogP contribution is 2.38. The molecule has 90 valence electrons. The van der Waals surface area contributed by atoms with Crippen molar-refractivity contribution < 1.29 is 9.52 Å². The summed E-state index contributed by atoms with van der Waals surface area (Å²) in [7, 11) is 0. The van der Waals surface area contributed by atoms with Gasteiger partial charge >= 0.3 is 0 Å². The second-order valence-corrected chi connectivity index (χ2v) is 4.64. The van der Waals surface area contributed by atoms with Crippen LogP contribution < -0.4 is 0 Å². The normalized spacial score (nSPS) is 23.1. The van der Waals surface area contributed by atoms with Crippen LogP contribution in [0, 0.1) is 5.41 Å². The third-order valence-electron chi connectivity index (χ3n) is 3.09. The summed E-state index contributed by atoms with van der Waals surface area (Å²) in [5, 5.41) is 9.90. The number of furan rings is 1. The monoisotopic (exact) mass is 222 g/mol. The Morgan fingerprint density at radius 1 is 1.38 bits per heavy atom. The molecule has 0 radical (unpaired) electrons. The molecule has 0 bridgehead atoms. The molecule has 0 saturated heterocycles. The van der Waals surface area contributed by atoms with Gasteiger partial charge in [-0.3, -0.25) is 0 Å². The summed E-state index contributed by atoms with van der Waals surface area (Å²) in [6.07, 6.45) is 7.05. The first-order chi connectivity index (χ1) is 7.59. The first-order valence-electron chi connectivity index (χ1n) is 6.01. The Kier molecular flexibility index (Phi) is 4.36. The van der Waals surface area contributed by atoms with Crippen molar-refractivity contribution in [3.8, 4) is 0 Å². The lowest BCUT2D eigenvalue weighted by molar-refractivity contribution is 0.0794. The SMILES string of the molecule is CC.CC1(C)CCC(c2ccoc2)=CC1O. The van der Waals surface area contributed by atoms with Gasteiger partial charge in [0.1, 0.15) is 0 Å². The fourth-order valence-corrected chi connectivity index (χ4v) is 1.79. The van der Waals surface area contributed by atoms with E-state index in [1.165, 1.54) is 5.57 Å². The third-order valence-corrected chi connectivity index (χ3v) is 3.09. The van der Waals surface area contributed by atoms with Crippen LogP contribution in [0.25, 0.3) is 5.57 Å². The van der Waals surface area contributed by atoms with Crippen LogP contribution in [0.1, 0.15) is 46.1 Å². The van der Waals surface area contributed by atoms with Gasteiger partial charge in [-0.2, -0.15) is 0 Å². The van der Waals surface area contributed by atoms with E-state index in [0.717, 1.165) is 18.4 Å². The van der Waals surface area contributed by atoms with Crippen LogP contribution in [0.3, 0.4) is 0 Å². The van der Waals surface area contributed by atoms with Crippen LogP contribution >= 0.6 is 0 Å². The van der Waals surface area contributed by atoms with Crippen molar-refractivity contribution >= 4 is 5.57 Å². The molecule has 0 saturated carbocycles. The minimum Gasteiger partial charge on any atom is -0.472 e. The molecule has 0 aliphatic heterocycles. The van der Waals surface area contributed by atoms with Gasteiger partial charge in [-0.25, -0.2) is 0 Å². The van der Waals surface area contributed by atoms with Gasteiger partial charge in [0.15, 0.2) is 0 Å². The molecule has 2 rings (SSSR count). The molecule has 1 aliphatic rings. The Hall–Kier alpha value is -1.02. The highest BCUT2D eigenvalue weighted by atomic mass is 16.3. The number of hydrogen-bond donors (Lipinski definition) is 1. The number of hydrogen-bond acceptors (Lipinski definition) is 2. The molecule has 0 fully saturated rings. The fourth-order valence-electron chi connectivity index (χ4n) is 1.79. The molecule has 0 aromatic carbocycles. The molecule has 1 heterocycles. The topological polar surface area (TPSA) is 33.4 Å². The van der Waals surface area contributed by atoms with Crippen molar-refractivity contribution in [2.24, 2.45) is 5.41 Å². The lowest BCUT2D eigenvalue weighted by Gasteiger charge is -2.33. The Labute approximate surface area is 98.0 Å². The first-order valence-corrected chi connectivity index (χ1v) is 6.01. The maximum absolute atomic E-state index is 9.90. The van der Waals surface area contributed by atoms with Gasteiger partial charge in [-0.15, -0.1) is 0 Å². The van der Waals surface area contributed by atoms with E-state index < -0.39 is 0 Å². The molecule has 0 amide bonds. The Balaban J connectivity index is 0.000000606. The van der Waals surface area contributed by atoms with Gasteiger partial charge in [0.05, 0.1) is 18.6 Å². The Morgan fingerprint density at radius 3 is 2.56 bits per heavy atom. The molecule has 1 aromatic heterocycles. The number of rotatable bonds is 1. The van der Waals surface area contributed by atoms with Gasteiger partial charge in [0.25, 0.3) is 0 Å². The van der Waals surface area contributed by atoms with Gasteiger partial charge < -0.3 is 9.52 Å². The molecule has 16 heavy (non-hydrogen) atoms. The van der Waals surface area contributed by atoms with E-state index in [2.05, 4.69) is 13.8 Å². The summed E-state index contributed by atoms with van der Waals surface area (Å²) in [6.45, 7) is 8.20. The average Bonchev–Trinajstić information content (AvgIpc) is 2.78. The van der Waals surface area contributed by atoms with E-state index in [9.17, 15) is 5.11 Å². The smallest absolute Gasteiger partial charge is 0.0977 e. The standard InChI is InChI=1S/C12H16O2.C2H6/c1-12(2)5-3-9(7-11(12)13)10-4-6-14-8-10;1-2/h4,6-8,11,13H,3,5H2,1-2H3;1-2H3. The largest absolute Gasteiger partial charge is 0.472 e. The molecule has 2 heteroatoms. The fraction of sp³-hybridized carbons (Fsp3) is 0.571. The van der Waals surface area contributed by atoms with E-state index in [1.54, 1.807) is 12.5 Å². The maximum atomic E-state index is 9.90. The zero-order valence-corrected chi connectivity index (χ0v) is 10.7. The van der Waals surface area contributed by atoms with Crippen molar-refractivity contribution in [2.75, 3.05) is 0 Å². The maximum Gasteiger partial charge on any atom is 0.0977 e. The molecular formula is C14H22O2. The average molecular weight is 222 g/mol.